The molecular formula is C23H21ClF5N3O4. The van der Waals surface area contributed by atoms with Crippen molar-refractivity contribution in [2.45, 2.75) is 38.6 Å². The fourth-order valence-electron chi connectivity index (χ4n) is 4.02. The summed E-state index contributed by atoms with van der Waals surface area (Å²) in [7, 11) is 0.922. The zero-order chi connectivity index (χ0) is 26.8. The third-order valence-electron chi connectivity index (χ3n) is 5.37. The maximum atomic E-state index is 15.3. The van der Waals surface area contributed by atoms with Crippen molar-refractivity contribution in [2.75, 3.05) is 13.8 Å². The molecule has 13 heteroatoms. The lowest BCUT2D eigenvalue weighted by molar-refractivity contribution is -0.146. The first-order chi connectivity index (χ1) is 16.9. The Morgan fingerprint density at radius 3 is 2.47 bits per heavy atom. The fourth-order valence-corrected chi connectivity index (χ4v) is 4.29. The molecule has 36 heavy (non-hydrogen) atoms. The predicted molar refractivity (Wildman–Crippen MR) is 119 cm³/mol. The lowest BCUT2D eigenvalue weighted by atomic mass is 9.73. The second-order valence-corrected chi connectivity index (χ2v) is 8.49. The molecule has 0 saturated carbocycles. The van der Waals surface area contributed by atoms with Gasteiger partial charge in [0.15, 0.2) is 0 Å². The Bertz CT molecular complexity index is 1210. The van der Waals surface area contributed by atoms with Crippen LogP contribution in [0.2, 0.25) is 5.02 Å². The highest BCUT2D eigenvalue weighted by atomic mass is 35.5. The number of allylic oxidation sites excluding steroid dienone is 1. The van der Waals surface area contributed by atoms with E-state index in [0.29, 0.717) is 12.1 Å². The van der Waals surface area contributed by atoms with E-state index in [1.165, 1.54) is 37.1 Å². The maximum absolute atomic E-state index is 15.3. The summed E-state index contributed by atoms with van der Waals surface area (Å²) >= 11 is 5.85. The van der Waals surface area contributed by atoms with Gasteiger partial charge in [0.05, 0.1) is 53.7 Å². The SMILES string of the molecule is COC(=O)C1C(CF)=NC(Cn2ccnc2)=C(C(=O)OC(C)C)C1c1c(F)ccc(Cl)c1C(F)(F)F. The number of aliphatic imine (C=N–C) groups is 1. The number of hydrogen-bond acceptors (Lipinski definition) is 6. The Balaban J connectivity index is 2.45. The van der Waals surface area contributed by atoms with Crippen molar-refractivity contribution in [1.82, 2.24) is 9.55 Å². The summed E-state index contributed by atoms with van der Waals surface area (Å²) < 4.78 is 83.3. The number of rotatable bonds is 7. The van der Waals surface area contributed by atoms with Crippen LogP contribution in [0.4, 0.5) is 22.0 Å². The number of aromatic nitrogens is 2. The summed E-state index contributed by atoms with van der Waals surface area (Å²) in [5.41, 5.74) is -4.07. The number of carbonyl (C=O) groups excluding carboxylic acids is 2. The third-order valence-corrected chi connectivity index (χ3v) is 5.69. The lowest BCUT2D eigenvalue weighted by Crippen LogP contribution is -2.40. The molecule has 194 valence electrons. The Morgan fingerprint density at radius 1 is 1.25 bits per heavy atom. The van der Waals surface area contributed by atoms with Crippen LogP contribution in [0.15, 0.2) is 47.1 Å². The summed E-state index contributed by atoms with van der Waals surface area (Å²) in [4.78, 5) is 34.0. The Morgan fingerprint density at radius 2 is 1.94 bits per heavy atom. The van der Waals surface area contributed by atoms with E-state index >= 15 is 4.39 Å². The minimum absolute atomic E-state index is 0.232. The van der Waals surface area contributed by atoms with Gasteiger partial charge in [-0.3, -0.25) is 9.79 Å². The zero-order valence-electron chi connectivity index (χ0n) is 19.3. The van der Waals surface area contributed by atoms with Gasteiger partial charge >= 0.3 is 18.1 Å². The molecule has 0 N–H and O–H groups in total. The number of benzene rings is 1. The first kappa shape index (κ1) is 27.3. The first-order valence-electron chi connectivity index (χ1n) is 10.6. The first-order valence-corrected chi connectivity index (χ1v) is 10.9. The van der Waals surface area contributed by atoms with Crippen LogP contribution in [0.1, 0.15) is 30.9 Å². The summed E-state index contributed by atoms with van der Waals surface area (Å²) in [5.74, 6) is -7.72. The topological polar surface area (TPSA) is 82.8 Å². The molecule has 0 amide bonds. The van der Waals surface area contributed by atoms with Crippen LogP contribution >= 0.6 is 11.6 Å². The Hall–Kier alpha value is -3.28. The molecule has 0 bridgehead atoms. The van der Waals surface area contributed by atoms with Crippen molar-refractivity contribution in [3.8, 4) is 0 Å². The number of halogens is 6. The van der Waals surface area contributed by atoms with Gasteiger partial charge in [0.2, 0.25) is 0 Å². The smallest absolute Gasteiger partial charge is 0.418 e. The van der Waals surface area contributed by atoms with E-state index in [-0.39, 0.29) is 12.2 Å². The molecule has 0 saturated heterocycles. The van der Waals surface area contributed by atoms with E-state index in [1.54, 1.807) is 0 Å². The van der Waals surface area contributed by atoms with Gasteiger partial charge in [-0.15, -0.1) is 0 Å². The minimum atomic E-state index is -5.20. The number of ether oxygens (including phenoxy) is 2. The van der Waals surface area contributed by atoms with Crippen LogP contribution in [0, 0.1) is 11.7 Å². The van der Waals surface area contributed by atoms with E-state index in [1.807, 2.05) is 0 Å². The van der Waals surface area contributed by atoms with Crippen LogP contribution in [0.25, 0.3) is 0 Å². The van der Waals surface area contributed by atoms with Gasteiger partial charge in [-0.25, -0.2) is 18.6 Å². The average molecular weight is 534 g/mol. The molecule has 1 aliphatic rings. The Kier molecular flexibility index (Phi) is 8.17. The summed E-state index contributed by atoms with van der Waals surface area (Å²) in [6, 6.07) is 1.37. The third kappa shape index (κ3) is 5.43. The fraction of sp³-hybridized carbons (Fsp3) is 0.391. The van der Waals surface area contributed by atoms with Gasteiger partial charge in [0, 0.05) is 23.9 Å². The largest absolute Gasteiger partial charge is 0.468 e. The minimum Gasteiger partial charge on any atom is -0.468 e. The van der Waals surface area contributed by atoms with E-state index < -0.39 is 76.0 Å². The second-order valence-electron chi connectivity index (χ2n) is 8.08. The molecule has 2 unspecified atom stereocenters. The number of alkyl halides is 4. The number of methoxy groups -OCH3 is 1. The summed E-state index contributed by atoms with van der Waals surface area (Å²) in [5, 5.41) is -0.875. The molecule has 1 aromatic carbocycles. The summed E-state index contributed by atoms with van der Waals surface area (Å²) in [6.07, 6.45) is -1.76. The molecule has 1 aliphatic heterocycles. The normalized spacial score (nSPS) is 18.3. The molecule has 2 aromatic rings. The van der Waals surface area contributed by atoms with Crippen LogP contribution in [-0.2, 0) is 31.8 Å². The number of carbonyl (C=O) groups is 2. The van der Waals surface area contributed by atoms with Crippen LogP contribution in [0.5, 0.6) is 0 Å². The van der Waals surface area contributed by atoms with E-state index in [2.05, 4.69) is 9.98 Å². The van der Waals surface area contributed by atoms with Gasteiger partial charge in [-0.05, 0) is 26.0 Å². The van der Waals surface area contributed by atoms with Gasteiger partial charge in [-0.1, -0.05) is 11.6 Å². The summed E-state index contributed by atoms with van der Waals surface area (Å²) in [6.45, 7) is 1.32. The molecular weight excluding hydrogens is 513 g/mol. The highest BCUT2D eigenvalue weighted by Crippen LogP contribution is 2.48. The van der Waals surface area contributed by atoms with Crippen molar-refractivity contribution < 1.29 is 41.0 Å². The van der Waals surface area contributed by atoms with Crippen molar-refractivity contribution in [3.63, 3.8) is 0 Å². The van der Waals surface area contributed by atoms with Crippen molar-refractivity contribution in [1.29, 1.82) is 0 Å². The monoisotopic (exact) mass is 533 g/mol. The molecule has 0 spiro atoms. The number of imidazole rings is 1. The highest BCUT2D eigenvalue weighted by Gasteiger charge is 2.50. The van der Waals surface area contributed by atoms with E-state index in [0.717, 1.165) is 7.11 Å². The van der Waals surface area contributed by atoms with Crippen molar-refractivity contribution in [2.24, 2.45) is 10.9 Å². The highest BCUT2D eigenvalue weighted by molar-refractivity contribution is 6.31. The van der Waals surface area contributed by atoms with Crippen molar-refractivity contribution >= 4 is 29.3 Å². The number of nitrogens with zero attached hydrogens (tertiary/aromatic N) is 3. The predicted octanol–water partition coefficient (Wildman–Crippen LogP) is 4.90. The molecule has 3 rings (SSSR count). The molecule has 2 heterocycles. The van der Waals surface area contributed by atoms with Gasteiger partial charge in [-0.2, -0.15) is 13.2 Å². The standard InChI is InChI=1S/C23H21ClF5N3O4/c1-11(2)36-22(34)18-15(9-32-7-6-30-10-32)31-14(8-25)17(21(33)35-3)19(18)16-13(26)5-4-12(24)20(16)23(27,28)29/h4-7,10-11,17,19H,8-9H2,1-3H3. The maximum Gasteiger partial charge on any atom is 0.418 e. The van der Waals surface area contributed by atoms with Crippen molar-refractivity contribution in [3.05, 3.63) is 64.1 Å². The molecule has 7 nitrogen and oxygen atoms in total. The molecule has 2 atom stereocenters. The Labute approximate surface area is 207 Å². The van der Waals surface area contributed by atoms with Gasteiger partial charge < -0.3 is 14.0 Å². The molecule has 0 aliphatic carbocycles. The van der Waals surface area contributed by atoms with E-state index in [9.17, 15) is 27.2 Å². The van der Waals surface area contributed by atoms with Gasteiger partial charge in [0.25, 0.3) is 0 Å². The number of esters is 2. The van der Waals surface area contributed by atoms with Crippen LogP contribution < -0.4 is 0 Å². The average Bonchev–Trinajstić information content (AvgIpc) is 3.30. The molecule has 0 fully saturated rings. The molecule has 0 radical (unpaired) electrons. The van der Waals surface area contributed by atoms with E-state index in [4.69, 9.17) is 21.1 Å². The van der Waals surface area contributed by atoms with Gasteiger partial charge in [0.1, 0.15) is 18.4 Å². The molecule has 1 aromatic heterocycles. The zero-order valence-corrected chi connectivity index (χ0v) is 20.0. The second kappa shape index (κ2) is 10.8. The lowest BCUT2D eigenvalue weighted by Gasteiger charge is -2.34. The number of hydrogen-bond donors (Lipinski definition) is 0. The van der Waals surface area contributed by atoms with Crippen LogP contribution in [-0.4, -0.2) is 47.1 Å². The van der Waals surface area contributed by atoms with Crippen LogP contribution in [0.3, 0.4) is 0 Å². The quantitative estimate of drug-likeness (QED) is 0.373.